The van der Waals surface area contributed by atoms with Gasteiger partial charge in [0.15, 0.2) is 0 Å². The summed E-state index contributed by atoms with van der Waals surface area (Å²) in [4.78, 5) is 8.77. The number of aromatic nitrogens is 3. The van der Waals surface area contributed by atoms with Gasteiger partial charge in [0, 0.05) is 24.5 Å². The summed E-state index contributed by atoms with van der Waals surface area (Å²) in [6.07, 6.45) is 5.06. The first-order valence-electron chi connectivity index (χ1n) is 8.78. The van der Waals surface area contributed by atoms with Crippen molar-refractivity contribution in [1.29, 1.82) is 0 Å². The molecule has 6 nitrogen and oxygen atoms in total. The molecular formula is C17H24N4O2S. The maximum absolute atomic E-state index is 9.80. The van der Waals surface area contributed by atoms with Crippen molar-refractivity contribution in [2.45, 2.75) is 57.8 Å². The Balaban J connectivity index is 1.48. The zero-order chi connectivity index (χ0) is 16.5. The molecule has 0 radical (unpaired) electrons. The predicted molar refractivity (Wildman–Crippen MR) is 91.8 cm³/mol. The topological polar surface area (TPSA) is 74.4 Å². The molecular weight excluding hydrogens is 324 g/mol. The van der Waals surface area contributed by atoms with E-state index < -0.39 is 6.10 Å². The summed E-state index contributed by atoms with van der Waals surface area (Å²) in [6, 6.07) is 1.92. The molecule has 2 aromatic rings. The van der Waals surface area contributed by atoms with Gasteiger partial charge in [-0.2, -0.15) is 5.10 Å². The average Bonchev–Trinajstić information content (AvgIpc) is 3.13. The van der Waals surface area contributed by atoms with E-state index in [-0.39, 0.29) is 6.61 Å². The summed E-state index contributed by atoms with van der Waals surface area (Å²) in [6.45, 7) is 3.31. The minimum Gasteiger partial charge on any atom is -0.393 e. The number of hydrogen-bond acceptors (Lipinski definition) is 6. The monoisotopic (exact) mass is 348 g/mol. The van der Waals surface area contributed by atoms with Gasteiger partial charge in [-0.05, 0) is 38.2 Å². The first-order valence-corrected chi connectivity index (χ1v) is 9.60. The molecule has 0 saturated heterocycles. The molecule has 2 aliphatic rings. The van der Waals surface area contributed by atoms with Gasteiger partial charge in [0.1, 0.15) is 11.1 Å². The van der Waals surface area contributed by atoms with Crippen molar-refractivity contribution in [3.05, 3.63) is 33.0 Å². The number of thiazole rings is 1. The smallest absolute Gasteiger partial charge is 0.121 e. The molecule has 0 amide bonds. The number of nitrogens with zero attached hydrogens (tertiary/aromatic N) is 4. The normalized spacial score (nSPS) is 19.6. The molecule has 1 atom stereocenters. The van der Waals surface area contributed by atoms with Crippen molar-refractivity contribution in [3.8, 4) is 0 Å². The van der Waals surface area contributed by atoms with E-state index in [0.29, 0.717) is 5.69 Å². The molecule has 0 bridgehead atoms. The summed E-state index contributed by atoms with van der Waals surface area (Å²) < 4.78 is 1.97. The molecule has 130 valence electrons. The van der Waals surface area contributed by atoms with Crippen molar-refractivity contribution in [1.82, 2.24) is 19.7 Å². The third-order valence-corrected chi connectivity index (χ3v) is 6.02. The first kappa shape index (κ1) is 16.2. The first-order chi connectivity index (χ1) is 11.7. The lowest BCUT2D eigenvalue weighted by atomic mass is 10.0. The van der Waals surface area contributed by atoms with Gasteiger partial charge in [0.2, 0.25) is 0 Å². The molecule has 24 heavy (non-hydrogen) atoms. The molecule has 7 heteroatoms. The van der Waals surface area contributed by atoms with Gasteiger partial charge in [0.25, 0.3) is 0 Å². The number of rotatable bonds is 4. The fraction of sp³-hybridized carbons (Fsp3) is 0.647. The molecule has 2 N–H and O–H groups in total. The van der Waals surface area contributed by atoms with Crippen molar-refractivity contribution in [2.75, 3.05) is 13.2 Å². The molecule has 3 heterocycles. The number of aliphatic hydroxyl groups excluding tert-OH is 2. The lowest BCUT2D eigenvalue weighted by Gasteiger charge is -2.17. The molecule has 0 spiro atoms. The SMILES string of the molecule is OC[C@@H](O)c1cc2n(n1)CCCN(Cc1nc3c(s1)CCCC3)C2. The summed E-state index contributed by atoms with van der Waals surface area (Å²) in [5.74, 6) is 0. The second kappa shape index (κ2) is 6.92. The van der Waals surface area contributed by atoms with Gasteiger partial charge in [-0.25, -0.2) is 4.98 Å². The number of aliphatic hydroxyl groups is 2. The van der Waals surface area contributed by atoms with Gasteiger partial charge >= 0.3 is 0 Å². The van der Waals surface area contributed by atoms with E-state index in [1.807, 2.05) is 22.1 Å². The van der Waals surface area contributed by atoms with Crippen LogP contribution in [0, 0.1) is 0 Å². The van der Waals surface area contributed by atoms with E-state index >= 15 is 0 Å². The summed E-state index contributed by atoms with van der Waals surface area (Å²) in [5.41, 5.74) is 3.00. The molecule has 4 rings (SSSR count). The van der Waals surface area contributed by atoms with Crippen LogP contribution in [0.3, 0.4) is 0 Å². The van der Waals surface area contributed by atoms with Crippen LogP contribution in [-0.4, -0.2) is 43.0 Å². The molecule has 0 saturated carbocycles. The van der Waals surface area contributed by atoms with Crippen molar-refractivity contribution < 1.29 is 10.2 Å². The zero-order valence-corrected chi connectivity index (χ0v) is 14.6. The molecule has 2 aromatic heterocycles. The molecule has 0 unspecified atom stereocenters. The van der Waals surface area contributed by atoms with Crippen LogP contribution in [0.5, 0.6) is 0 Å². The van der Waals surface area contributed by atoms with Crippen molar-refractivity contribution in [3.63, 3.8) is 0 Å². The van der Waals surface area contributed by atoms with Crippen molar-refractivity contribution in [2.24, 2.45) is 0 Å². The lowest BCUT2D eigenvalue weighted by molar-refractivity contribution is 0.0916. The van der Waals surface area contributed by atoms with Crippen LogP contribution in [0.2, 0.25) is 0 Å². The second-order valence-corrected chi connectivity index (χ2v) is 7.90. The Hall–Kier alpha value is -1.28. The fourth-order valence-corrected chi connectivity index (χ4v) is 4.81. The van der Waals surface area contributed by atoms with Crippen LogP contribution < -0.4 is 0 Å². The van der Waals surface area contributed by atoms with Crippen LogP contribution in [0.4, 0.5) is 0 Å². The number of fused-ring (bicyclic) bond motifs is 2. The third-order valence-electron chi connectivity index (χ3n) is 4.88. The Kier molecular flexibility index (Phi) is 4.67. The Bertz CT molecular complexity index is 688. The van der Waals surface area contributed by atoms with Crippen LogP contribution in [0.15, 0.2) is 6.07 Å². The van der Waals surface area contributed by atoms with Crippen LogP contribution >= 0.6 is 11.3 Å². The Morgan fingerprint density at radius 1 is 1.21 bits per heavy atom. The number of hydrogen-bond donors (Lipinski definition) is 2. The third kappa shape index (κ3) is 3.26. The van der Waals surface area contributed by atoms with E-state index in [0.717, 1.165) is 44.7 Å². The molecule has 0 fully saturated rings. The second-order valence-electron chi connectivity index (χ2n) is 6.73. The molecule has 1 aliphatic carbocycles. The largest absolute Gasteiger partial charge is 0.393 e. The minimum atomic E-state index is -0.886. The highest BCUT2D eigenvalue weighted by Crippen LogP contribution is 2.28. The maximum atomic E-state index is 9.80. The lowest BCUT2D eigenvalue weighted by Crippen LogP contribution is -2.22. The molecule has 1 aliphatic heterocycles. The van der Waals surface area contributed by atoms with Crippen LogP contribution in [0.25, 0.3) is 0 Å². The summed E-state index contributed by atoms with van der Waals surface area (Å²) >= 11 is 1.88. The Morgan fingerprint density at radius 2 is 2.08 bits per heavy atom. The summed E-state index contributed by atoms with van der Waals surface area (Å²) in [7, 11) is 0. The highest BCUT2D eigenvalue weighted by atomic mass is 32.1. The van der Waals surface area contributed by atoms with E-state index in [4.69, 9.17) is 10.1 Å². The van der Waals surface area contributed by atoms with Gasteiger partial charge < -0.3 is 10.2 Å². The maximum Gasteiger partial charge on any atom is 0.121 e. The van der Waals surface area contributed by atoms with E-state index in [2.05, 4.69) is 10.00 Å². The van der Waals surface area contributed by atoms with E-state index in [1.165, 1.54) is 34.8 Å². The highest BCUT2D eigenvalue weighted by Gasteiger charge is 2.21. The standard InChI is InChI=1S/C17H24N4O2S/c22-11-15(23)14-8-12-9-20(6-3-7-21(12)19-14)10-17-18-13-4-1-2-5-16(13)24-17/h8,15,22-23H,1-7,9-11H2/t15-/m1/s1. The Labute approximate surface area is 145 Å². The minimum absolute atomic E-state index is 0.287. The van der Waals surface area contributed by atoms with Crippen molar-refractivity contribution >= 4 is 11.3 Å². The zero-order valence-electron chi connectivity index (χ0n) is 13.8. The fourth-order valence-electron chi connectivity index (χ4n) is 3.61. The van der Waals surface area contributed by atoms with Gasteiger partial charge in [-0.3, -0.25) is 9.58 Å². The van der Waals surface area contributed by atoms with Crippen LogP contribution in [0.1, 0.15) is 52.3 Å². The van der Waals surface area contributed by atoms with E-state index in [9.17, 15) is 5.11 Å². The highest BCUT2D eigenvalue weighted by molar-refractivity contribution is 7.11. The quantitative estimate of drug-likeness (QED) is 0.879. The predicted octanol–water partition coefficient (Wildman–Crippen LogP) is 1.65. The van der Waals surface area contributed by atoms with Gasteiger partial charge in [0.05, 0.1) is 30.2 Å². The number of aryl methyl sites for hydroxylation is 3. The van der Waals surface area contributed by atoms with Gasteiger partial charge in [-0.15, -0.1) is 11.3 Å². The summed E-state index contributed by atoms with van der Waals surface area (Å²) in [5, 5.41) is 24.6. The molecule has 0 aromatic carbocycles. The average molecular weight is 348 g/mol. The van der Waals surface area contributed by atoms with Crippen LogP contribution in [-0.2, 0) is 32.5 Å². The van der Waals surface area contributed by atoms with Gasteiger partial charge in [-0.1, -0.05) is 0 Å². The Morgan fingerprint density at radius 3 is 2.92 bits per heavy atom. The van der Waals surface area contributed by atoms with E-state index in [1.54, 1.807) is 0 Å².